The zero-order valence-corrected chi connectivity index (χ0v) is 20.1. The summed E-state index contributed by atoms with van der Waals surface area (Å²) >= 11 is 0. The summed E-state index contributed by atoms with van der Waals surface area (Å²) in [5, 5.41) is 0. The van der Waals surface area contributed by atoms with Gasteiger partial charge in [-0.05, 0) is 67.5 Å². The molecular weight excluding hydrogens is 396 g/mol. The third-order valence-electron chi connectivity index (χ3n) is 6.09. The molecule has 164 valence electrons. The first kappa shape index (κ1) is 22.6. The van der Waals surface area contributed by atoms with Gasteiger partial charge in [0.05, 0.1) is 0 Å². The van der Waals surface area contributed by atoms with Crippen LogP contribution in [0, 0.1) is 27.7 Å². The molecule has 0 saturated carbocycles. The van der Waals surface area contributed by atoms with Gasteiger partial charge in [0.25, 0.3) is 0 Å². The fraction of sp³-hybridized carbons (Fsp3) is 0.152. The summed E-state index contributed by atoms with van der Waals surface area (Å²) in [6.45, 7) is 8.54. The second-order valence-electron chi connectivity index (χ2n) is 8.94. The highest BCUT2D eigenvalue weighted by atomic mass is 14.1. The van der Waals surface area contributed by atoms with E-state index < -0.39 is 0 Å². The van der Waals surface area contributed by atoms with Crippen LogP contribution in [-0.2, 0) is 0 Å². The lowest BCUT2D eigenvalue weighted by atomic mass is 9.93. The van der Waals surface area contributed by atoms with Crippen molar-refractivity contribution in [2.75, 3.05) is 0 Å². The van der Waals surface area contributed by atoms with Crippen molar-refractivity contribution in [2.45, 2.75) is 34.1 Å². The molecule has 0 aliphatic rings. The van der Waals surface area contributed by atoms with Crippen LogP contribution in [0.3, 0.4) is 0 Å². The number of benzene rings is 4. The summed E-state index contributed by atoms with van der Waals surface area (Å²) in [7, 11) is 0. The molecule has 0 N–H and O–H groups in total. The minimum Gasteiger partial charge on any atom is -0.0722 e. The Bertz CT molecular complexity index is 1050. The molecule has 0 heteroatoms. The van der Waals surface area contributed by atoms with Crippen molar-refractivity contribution in [2.24, 2.45) is 0 Å². The van der Waals surface area contributed by atoms with Crippen LogP contribution in [0.5, 0.6) is 0 Å². The Morgan fingerprint density at radius 3 is 0.818 bits per heavy atom. The van der Waals surface area contributed by atoms with Crippen LogP contribution in [0.25, 0.3) is 11.1 Å². The van der Waals surface area contributed by atoms with Crippen LogP contribution < -0.4 is 0 Å². The monoisotopic (exact) mass is 428 g/mol. The van der Waals surface area contributed by atoms with Crippen LogP contribution in [0.1, 0.15) is 50.9 Å². The lowest BCUT2D eigenvalue weighted by Crippen LogP contribution is -1.91. The van der Waals surface area contributed by atoms with E-state index in [9.17, 15) is 0 Å². The van der Waals surface area contributed by atoms with Crippen molar-refractivity contribution in [3.8, 4) is 0 Å². The largest absolute Gasteiger partial charge is 0.0722 e. The van der Waals surface area contributed by atoms with Gasteiger partial charge in [-0.2, -0.15) is 0 Å². The van der Waals surface area contributed by atoms with Gasteiger partial charge in [0.15, 0.2) is 0 Å². The molecule has 0 aromatic heterocycles. The molecule has 4 rings (SSSR count). The van der Waals surface area contributed by atoms with Crippen LogP contribution in [-0.4, -0.2) is 0 Å². The van der Waals surface area contributed by atoms with E-state index in [2.05, 4.69) is 137 Å². The first-order valence-corrected chi connectivity index (χ1v) is 11.7. The van der Waals surface area contributed by atoms with Crippen molar-refractivity contribution < 1.29 is 0 Å². The summed E-state index contributed by atoms with van der Waals surface area (Å²) in [6, 6.07) is 35.4. The molecule has 4 aromatic rings. The fourth-order valence-electron chi connectivity index (χ4n) is 4.03. The van der Waals surface area contributed by atoms with Crippen molar-refractivity contribution in [3.05, 3.63) is 154 Å². The Hall–Kier alpha value is -3.64. The summed E-state index contributed by atoms with van der Waals surface area (Å²) in [4.78, 5) is 0. The number of hydrogen-bond acceptors (Lipinski definition) is 0. The van der Waals surface area contributed by atoms with E-state index in [4.69, 9.17) is 0 Å². The van der Waals surface area contributed by atoms with Gasteiger partial charge in [0.2, 0.25) is 0 Å². The Balaban J connectivity index is 1.74. The maximum absolute atomic E-state index is 2.36. The van der Waals surface area contributed by atoms with E-state index in [0.29, 0.717) is 0 Å². The standard InChI is InChI=1S/C33H32/c1-24-8-16-28(17-9-24)32(29-18-10-25(2)11-19-29)6-5-7-33(30-20-12-26(3)13-21-30)31-22-14-27(4)15-23-31/h6-23H,5H2,1-4H3. The van der Waals surface area contributed by atoms with Gasteiger partial charge >= 0.3 is 0 Å². The van der Waals surface area contributed by atoms with Crippen LogP contribution >= 0.6 is 0 Å². The first-order valence-electron chi connectivity index (χ1n) is 11.7. The molecule has 0 saturated heterocycles. The third kappa shape index (κ3) is 5.79. The lowest BCUT2D eigenvalue weighted by molar-refractivity contribution is 1.35. The lowest BCUT2D eigenvalue weighted by Gasteiger charge is -2.11. The van der Waals surface area contributed by atoms with Crippen molar-refractivity contribution in [1.29, 1.82) is 0 Å². The molecule has 33 heavy (non-hydrogen) atoms. The smallest absolute Gasteiger partial charge is 0.0148 e. The van der Waals surface area contributed by atoms with E-state index in [-0.39, 0.29) is 0 Å². The van der Waals surface area contributed by atoms with E-state index in [0.717, 1.165) is 6.42 Å². The SMILES string of the molecule is Cc1ccc(C(=CCC=C(c2ccc(C)cc2)c2ccc(C)cc2)c2ccc(C)cc2)cc1. The van der Waals surface area contributed by atoms with Crippen molar-refractivity contribution >= 4 is 11.1 Å². The molecule has 0 atom stereocenters. The number of allylic oxidation sites excluding steroid dienone is 2. The second-order valence-corrected chi connectivity index (χ2v) is 8.94. The number of aryl methyl sites for hydroxylation is 4. The quantitative estimate of drug-likeness (QED) is 0.288. The predicted molar refractivity (Wildman–Crippen MR) is 143 cm³/mol. The Labute approximate surface area is 199 Å². The Morgan fingerprint density at radius 1 is 0.394 bits per heavy atom. The summed E-state index contributed by atoms with van der Waals surface area (Å²) < 4.78 is 0. The van der Waals surface area contributed by atoms with Crippen LogP contribution in [0.4, 0.5) is 0 Å². The van der Waals surface area contributed by atoms with E-state index >= 15 is 0 Å². The summed E-state index contributed by atoms with van der Waals surface area (Å²) in [5.41, 5.74) is 12.7. The molecule has 0 aliphatic heterocycles. The van der Waals surface area contributed by atoms with Gasteiger partial charge in [-0.25, -0.2) is 0 Å². The topological polar surface area (TPSA) is 0 Å². The Kier molecular flexibility index (Phi) is 7.05. The molecule has 0 fully saturated rings. The molecule has 0 amide bonds. The first-order chi connectivity index (χ1) is 16.0. The van der Waals surface area contributed by atoms with Gasteiger partial charge in [-0.1, -0.05) is 131 Å². The van der Waals surface area contributed by atoms with Gasteiger partial charge in [-0.3, -0.25) is 0 Å². The molecule has 0 aliphatic carbocycles. The average molecular weight is 429 g/mol. The molecule has 0 spiro atoms. The summed E-state index contributed by atoms with van der Waals surface area (Å²) in [6.07, 6.45) is 5.57. The normalized spacial score (nSPS) is 10.5. The van der Waals surface area contributed by atoms with E-state index in [1.165, 1.54) is 55.7 Å². The zero-order chi connectivity index (χ0) is 23.2. The number of hydrogen-bond donors (Lipinski definition) is 0. The predicted octanol–water partition coefficient (Wildman–Crippen LogP) is 8.87. The van der Waals surface area contributed by atoms with E-state index in [1.54, 1.807) is 0 Å². The minimum absolute atomic E-state index is 0.855. The molecule has 0 unspecified atom stereocenters. The van der Waals surface area contributed by atoms with Gasteiger partial charge < -0.3 is 0 Å². The van der Waals surface area contributed by atoms with Crippen molar-refractivity contribution in [1.82, 2.24) is 0 Å². The average Bonchev–Trinajstić information content (AvgIpc) is 2.82. The van der Waals surface area contributed by atoms with Crippen LogP contribution in [0.2, 0.25) is 0 Å². The number of rotatable bonds is 6. The molecular formula is C33H32. The highest BCUT2D eigenvalue weighted by Crippen LogP contribution is 2.28. The molecule has 4 aromatic carbocycles. The maximum Gasteiger partial charge on any atom is -0.0148 e. The fourth-order valence-corrected chi connectivity index (χ4v) is 4.03. The minimum atomic E-state index is 0.855. The van der Waals surface area contributed by atoms with Crippen molar-refractivity contribution in [3.63, 3.8) is 0 Å². The second kappa shape index (κ2) is 10.3. The van der Waals surface area contributed by atoms with Gasteiger partial charge in [-0.15, -0.1) is 0 Å². The summed E-state index contributed by atoms with van der Waals surface area (Å²) in [5.74, 6) is 0. The maximum atomic E-state index is 2.36. The molecule has 0 radical (unpaired) electrons. The Morgan fingerprint density at radius 2 is 0.606 bits per heavy atom. The zero-order valence-electron chi connectivity index (χ0n) is 20.1. The van der Waals surface area contributed by atoms with Gasteiger partial charge in [0, 0.05) is 0 Å². The van der Waals surface area contributed by atoms with Gasteiger partial charge in [0.1, 0.15) is 0 Å². The molecule has 0 bridgehead atoms. The highest BCUT2D eigenvalue weighted by Gasteiger charge is 2.07. The van der Waals surface area contributed by atoms with E-state index in [1.807, 2.05) is 0 Å². The molecule has 0 nitrogen and oxygen atoms in total. The molecule has 0 heterocycles. The van der Waals surface area contributed by atoms with Crippen LogP contribution in [0.15, 0.2) is 109 Å². The highest BCUT2D eigenvalue weighted by molar-refractivity contribution is 5.82. The third-order valence-corrected chi connectivity index (χ3v) is 6.09.